The Bertz CT molecular complexity index is 950. The molecule has 1 aromatic carbocycles. The zero-order valence-electron chi connectivity index (χ0n) is 14.4. The van der Waals surface area contributed by atoms with Crippen molar-refractivity contribution in [1.29, 1.82) is 0 Å². The predicted molar refractivity (Wildman–Crippen MR) is 94.6 cm³/mol. The maximum Gasteiger partial charge on any atom is 0.254 e. The molecule has 8 heteroatoms. The standard InChI is InChI=1S/C18H18N6O2/c1-13-9-15(24-18(21-13)19-12-20-24)22-10-16(25)23(17(26)11-22)8-7-14-5-3-2-4-6-14/h2-6,9,12H,7-8,10-11H2,1H3. The van der Waals surface area contributed by atoms with E-state index in [9.17, 15) is 9.59 Å². The number of hydrogen-bond donors (Lipinski definition) is 0. The third-order valence-electron chi connectivity index (χ3n) is 4.41. The molecule has 1 saturated heterocycles. The van der Waals surface area contributed by atoms with Gasteiger partial charge in [0.1, 0.15) is 12.1 Å². The summed E-state index contributed by atoms with van der Waals surface area (Å²) in [5.74, 6) is 0.681. The summed E-state index contributed by atoms with van der Waals surface area (Å²) in [6.07, 6.45) is 2.06. The molecule has 0 spiro atoms. The van der Waals surface area contributed by atoms with E-state index in [4.69, 9.17) is 0 Å². The van der Waals surface area contributed by atoms with Gasteiger partial charge in [-0.3, -0.25) is 14.5 Å². The van der Waals surface area contributed by atoms with Crippen molar-refractivity contribution in [2.75, 3.05) is 24.5 Å². The van der Waals surface area contributed by atoms with Crippen LogP contribution in [0.2, 0.25) is 0 Å². The predicted octanol–water partition coefficient (Wildman–Crippen LogP) is 0.851. The van der Waals surface area contributed by atoms with Crippen LogP contribution in [0.4, 0.5) is 5.82 Å². The molecule has 26 heavy (non-hydrogen) atoms. The number of imide groups is 1. The highest BCUT2D eigenvalue weighted by atomic mass is 16.2. The molecule has 2 aromatic heterocycles. The zero-order valence-corrected chi connectivity index (χ0v) is 14.4. The Morgan fingerprint density at radius 3 is 2.54 bits per heavy atom. The summed E-state index contributed by atoms with van der Waals surface area (Å²) in [5.41, 5.74) is 1.86. The monoisotopic (exact) mass is 350 g/mol. The van der Waals surface area contributed by atoms with Gasteiger partial charge in [0.05, 0.1) is 13.1 Å². The SMILES string of the molecule is Cc1cc(N2CC(=O)N(CCc3ccccc3)C(=O)C2)n2ncnc2n1. The molecule has 8 nitrogen and oxygen atoms in total. The molecule has 1 fully saturated rings. The lowest BCUT2D eigenvalue weighted by atomic mass is 10.1. The van der Waals surface area contributed by atoms with E-state index in [-0.39, 0.29) is 24.9 Å². The van der Waals surface area contributed by atoms with Crippen LogP contribution in [-0.4, -0.2) is 55.9 Å². The van der Waals surface area contributed by atoms with Crippen LogP contribution in [0.25, 0.3) is 5.78 Å². The van der Waals surface area contributed by atoms with Gasteiger partial charge in [-0.15, -0.1) is 0 Å². The van der Waals surface area contributed by atoms with Gasteiger partial charge in [-0.25, -0.2) is 4.98 Å². The normalized spacial score (nSPS) is 15.1. The van der Waals surface area contributed by atoms with Gasteiger partial charge in [-0.2, -0.15) is 14.6 Å². The first-order valence-corrected chi connectivity index (χ1v) is 8.41. The van der Waals surface area contributed by atoms with Crippen LogP contribution in [0.1, 0.15) is 11.3 Å². The van der Waals surface area contributed by atoms with E-state index >= 15 is 0 Å². The minimum atomic E-state index is -0.208. The lowest BCUT2D eigenvalue weighted by Crippen LogP contribution is -2.55. The minimum absolute atomic E-state index is 0.124. The van der Waals surface area contributed by atoms with Gasteiger partial charge < -0.3 is 4.90 Å². The van der Waals surface area contributed by atoms with Gasteiger partial charge in [0, 0.05) is 18.3 Å². The Morgan fingerprint density at radius 2 is 1.81 bits per heavy atom. The molecule has 1 aliphatic rings. The summed E-state index contributed by atoms with van der Waals surface area (Å²) in [4.78, 5) is 36.6. The Balaban J connectivity index is 1.52. The highest BCUT2D eigenvalue weighted by molar-refractivity contribution is 6.02. The van der Waals surface area contributed by atoms with Crippen LogP contribution in [-0.2, 0) is 16.0 Å². The third-order valence-corrected chi connectivity index (χ3v) is 4.41. The molecule has 0 atom stereocenters. The fourth-order valence-electron chi connectivity index (χ4n) is 3.13. The first kappa shape index (κ1) is 16.2. The van der Waals surface area contributed by atoms with Crippen molar-refractivity contribution in [3.63, 3.8) is 0 Å². The summed E-state index contributed by atoms with van der Waals surface area (Å²) >= 11 is 0. The summed E-state index contributed by atoms with van der Waals surface area (Å²) in [7, 11) is 0. The number of anilines is 1. The summed E-state index contributed by atoms with van der Waals surface area (Å²) in [6.45, 7) is 2.49. The average Bonchev–Trinajstić information content (AvgIpc) is 3.09. The van der Waals surface area contributed by atoms with Crippen molar-refractivity contribution in [2.45, 2.75) is 13.3 Å². The number of aromatic nitrogens is 4. The number of fused-ring (bicyclic) bond motifs is 1. The molecule has 0 saturated carbocycles. The van der Waals surface area contributed by atoms with E-state index in [1.165, 1.54) is 11.2 Å². The number of amides is 2. The number of rotatable bonds is 4. The van der Waals surface area contributed by atoms with E-state index in [0.717, 1.165) is 11.3 Å². The number of benzene rings is 1. The zero-order chi connectivity index (χ0) is 18.1. The number of aryl methyl sites for hydroxylation is 1. The van der Waals surface area contributed by atoms with E-state index in [2.05, 4.69) is 15.1 Å². The molecule has 132 valence electrons. The van der Waals surface area contributed by atoms with E-state index in [1.54, 1.807) is 9.42 Å². The maximum atomic E-state index is 12.6. The van der Waals surface area contributed by atoms with Gasteiger partial charge in [-0.1, -0.05) is 30.3 Å². The molecule has 0 radical (unpaired) electrons. The topological polar surface area (TPSA) is 83.7 Å². The van der Waals surface area contributed by atoms with Gasteiger partial charge in [-0.05, 0) is 18.9 Å². The van der Waals surface area contributed by atoms with E-state index < -0.39 is 0 Å². The quantitative estimate of drug-likeness (QED) is 0.649. The van der Waals surface area contributed by atoms with E-state index in [0.29, 0.717) is 24.6 Å². The maximum absolute atomic E-state index is 12.6. The number of piperazine rings is 1. The van der Waals surface area contributed by atoms with E-state index in [1.807, 2.05) is 43.3 Å². The second kappa shape index (κ2) is 6.55. The molecule has 1 aliphatic heterocycles. The molecular formula is C18H18N6O2. The van der Waals surface area contributed by atoms with Crippen molar-refractivity contribution in [3.8, 4) is 0 Å². The fraction of sp³-hybridized carbons (Fsp3) is 0.278. The molecule has 0 aliphatic carbocycles. The summed E-state index contributed by atoms with van der Waals surface area (Å²) in [5, 5.41) is 4.15. The minimum Gasteiger partial charge on any atom is -0.338 e. The molecule has 0 bridgehead atoms. The number of nitrogens with zero attached hydrogens (tertiary/aromatic N) is 6. The second-order valence-electron chi connectivity index (χ2n) is 6.26. The van der Waals surface area contributed by atoms with Crippen LogP contribution in [0, 0.1) is 6.92 Å². The lowest BCUT2D eigenvalue weighted by Gasteiger charge is -2.33. The van der Waals surface area contributed by atoms with Gasteiger partial charge in [0.25, 0.3) is 5.78 Å². The Kier molecular flexibility index (Phi) is 4.08. The Hall–Kier alpha value is -3.29. The van der Waals surface area contributed by atoms with Crippen LogP contribution in [0.15, 0.2) is 42.7 Å². The largest absolute Gasteiger partial charge is 0.338 e. The van der Waals surface area contributed by atoms with Crippen LogP contribution in [0.3, 0.4) is 0 Å². The van der Waals surface area contributed by atoms with Crippen molar-refractivity contribution >= 4 is 23.4 Å². The molecule has 0 unspecified atom stereocenters. The smallest absolute Gasteiger partial charge is 0.254 e. The fourth-order valence-corrected chi connectivity index (χ4v) is 3.13. The molecule has 3 aromatic rings. The van der Waals surface area contributed by atoms with Crippen molar-refractivity contribution in [2.24, 2.45) is 0 Å². The average molecular weight is 350 g/mol. The van der Waals surface area contributed by atoms with Crippen LogP contribution >= 0.6 is 0 Å². The molecular weight excluding hydrogens is 332 g/mol. The van der Waals surface area contributed by atoms with Crippen molar-refractivity contribution in [1.82, 2.24) is 24.5 Å². The third kappa shape index (κ3) is 3.01. The van der Waals surface area contributed by atoms with Gasteiger partial charge >= 0.3 is 0 Å². The number of hydrogen-bond acceptors (Lipinski definition) is 6. The number of carbonyl (C=O) groups excluding carboxylic acids is 2. The molecule has 4 rings (SSSR count). The highest BCUT2D eigenvalue weighted by Crippen LogP contribution is 2.19. The molecule has 0 N–H and O–H groups in total. The first-order chi connectivity index (χ1) is 12.6. The lowest BCUT2D eigenvalue weighted by molar-refractivity contribution is -0.145. The first-order valence-electron chi connectivity index (χ1n) is 8.41. The number of carbonyl (C=O) groups is 2. The van der Waals surface area contributed by atoms with Gasteiger partial charge in [0.2, 0.25) is 11.8 Å². The summed E-state index contributed by atoms with van der Waals surface area (Å²) < 4.78 is 1.55. The van der Waals surface area contributed by atoms with Crippen molar-refractivity contribution < 1.29 is 9.59 Å². The molecule has 2 amide bonds. The highest BCUT2D eigenvalue weighted by Gasteiger charge is 2.32. The Labute approximate surface area is 150 Å². The van der Waals surface area contributed by atoms with Crippen LogP contribution < -0.4 is 4.90 Å². The molecule has 3 heterocycles. The van der Waals surface area contributed by atoms with Crippen molar-refractivity contribution in [3.05, 3.63) is 54.0 Å². The van der Waals surface area contributed by atoms with Gasteiger partial charge in [0.15, 0.2) is 0 Å². The van der Waals surface area contributed by atoms with Crippen LogP contribution in [0.5, 0.6) is 0 Å². The Morgan fingerprint density at radius 1 is 1.08 bits per heavy atom. The summed E-state index contributed by atoms with van der Waals surface area (Å²) in [6, 6.07) is 11.6. The second-order valence-corrected chi connectivity index (χ2v) is 6.26.